The predicted molar refractivity (Wildman–Crippen MR) is 159 cm³/mol. The summed E-state index contributed by atoms with van der Waals surface area (Å²) < 4.78 is 18.7. The summed E-state index contributed by atoms with van der Waals surface area (Å²) in [5.41, 5.74) is 3.44. The van der Waals surface area contributed by atoms with Crippen LogP contribution in [0.1, 0.15) is 23.1 Å². The van der Waals surface area contributed by atoms with Crippen LogP contribution in [0.2, 0.25) is 0 Å². The fourth-order valence-electron chi connectivity index (χ4n) is 4.61. The number of benzene rings is 3. The Labute approximate surface area is 243 Å². The van der Waals surface area contributed by atoms with E-state index >= 15 is 0 Å². The summed E-state index contributed by atoms with van der Waals surface area (Å²) in [6.45, 7) is 1.24. The van der Waals surface area contributed by atoms with Crippen molar-refractivity contribution in [2.24, 2.45) is 0 Å². The molecule has 1 N–H and O–H groups in total. The van der Waals surface area contributed by atoms with Gasteiger partial charge in [-0.2, -0.15) is 0 Å². The van der Waals surface area contributed by atoms with E-state index in [2.05, 4.69) is 4.98 Å². The van der Waals surface area contributed by atoms with Gasteiger partial charge in [-0.3, -0.25) is 19.7 Å². The van der Waals surface area contributed by atoms with Crippen LogP contribution in [0.4, 0.5) is 10.1 Å². The lowest BCUT2D eigenvalue weighted by molar-refractivity contribution is -0.384. The van der Waals surface area contributed by atoms with E-state index < -0.39 is 4.92 Å². The molecule has 0 unspecified atom stereocenters. The minimum absolute atomic E-state index is 0.0425. The van der Waals surface area contributed by atoms with Crippen LogP contribution in [0.15, 0.2) is 85.1 Å². The van der Waals surface area contributed by atoms with Gasteiger partial charge in [-0.05, 0) is 65.9 Å². The zero-order valence-corrected chi connectivity index (χ0v) is 23.4. The van der Waals surface area contributed by atoms with Crippen molar-refractivity contribution in [3.8, 4) is 0 Å². The number of fused-ring (bicyclic) bond motifs is 1. The molecule has 0 aliphatic rings. The van der Waals surface area contributed by atoms with Gasteiger partial charge in [0.25, 0.3) is 5.69 Å². The zero-order valence-electron chi connectivity index (χ0n) is 23.4. The van der Waals surface area contributed by atoms with Gasteiger partial charge in [-0.15, -0.1) is 0 Å². The second kappa shape index (κ2) is 14.7. The molecular formula is C32H33FN4O5. The Kier molecular flexibility index (Phi) is 10.5. The number of carbonyl (C=O) groups excluding carboxylic acids is 2. The van der Waals surface area contributed by atoms with Crippen molar-refractivity contribution < 1.29 is 23.6 Å². The molecule has 42 heavy (non-hydrogen) atoms. The van der Waals surface area contributed by atoms with Crippen LogP contribution in [-0.4, -0.2) is 64.9 Å². The maximum atomic E-state index is 13.7. The highest BCUT2D eigenvalue weighted by Gasteiger charge is 2.21. The second-order valence-corrected chi connectivity index (χ2v) is 9.84. The molecule has 3 aromatic carbocycles. The zero-order chi connectivity index (χ0) is 29.9. The molecule has 9 nitrogen and oxygen atoms in total. The molecule has 0 atom stereocenters. The van der Waals surface area contributed by atoms with E-state index in [0.29, 0.717) is 38.1 Å². The van der Waals surface area contributed by atoms with E-state index in [9.17, 15) is 24.1 Å². The summed E-state index contributed by atoms with van der Waals surface area (Å²) in [5.74, 6) is -0.963. The van der Waals surface area contributed by atoms with E-state index in [0.717, 1.165) is 22.0 Å². The van der Waals surface area contributed by atoms with Crippen molar-refractivity contribution in [3.63, 3.8) is 0 Å². The highest BCUT2D eigenvalue weighted by Crippen LogP contribution is 2.19. The number of aromatic amines is 1. The molecule has 2 amide bonds. The number of nitrogens with one attached hydrogen (secondary N) is 1. The average Bonchev–Trinajstić information content (AvgIpc) is 3.41. The van der Waals surface area contributed by atoms with Gasteiger partial charge < -0.3 is 19.5 Å². The van der Waals surface area contributed by atoms with E-state index in [1.165, 1.54) is 35.2 Å². The molecule has 10 heteroatoms. The predicted octanol–water partition coefficient (Wildman–Crippen LogP) is 5.37. The Morgan fingerprint density at radius 1 is 1.00 bits per heavy atom. The number of non-ortho nitro benzene ring substituents is 1. The molecule has 0 saturated carbocycles. The van der Waals surface area contributed by atoms with Crippen LogP contribution in [0, 0.1) is 15.9 Å². The summed E-state index contributed by atoms with van der Waals surface area (Å²) in [4.78, 5) is 43.7. The summed E-state index contributed by atoms with van der Waals surface area (Å²) in [5, 5.41) is 12.0. The van der Waals surface area contributed by atoms with E-state index in [4.69, 9.17) is 4.74 Å². The third-order valence-corrected chi connectivity index (χ3v) is 6.90. The summed E-state index contributed by atoms with van der Waals surface area (Å²) in [6.07, 6.45) is 5.99. The van der Waals surface area contributed by atoms with Gasteiger partial charge in [0.05, 0.1) is 4.92 Å². The highest BCUT2D eigenvalue weighted by atomic mass is 19.1. The number of nitro benzene ring substituents is 1. The fourth-order valence-corrected chi connectivity index (χ4v) is 4.61. The molecule has 0 aliphatic carbocycles. The van der Waals surface area contributed by atoms with Gasteiger partial charge in [0.2, 0.25) is 11.8 Å². The number of rotatable bonds is 14. The molecule has 0 aliphatic heterocycles. The Bertz CT molecular complexity index is 1530. The monoisotopic (exact) mass is 572 g/mol. The molecule has 4 rings (SSSR count). The number of ether oxygens (including phenoxy) is 1. The first-order chi connectivity index (χ1) is 20.3. The van der Waals surface area contributed by atoms with Crippen molar-refractivity contribution in [2.75, 3.05) is 33.4 Å². The Balaban J connectivity index is 1.50. The standard InChI is InChI=1S/C32H33FN4O5/c1-42-20-4-18-35(31(38)16-11-24-9-14-28(15-10-24)37(40)41)23-32(39)36(22-25-7-12-27(33)13-8-25)19-17-26-21-34-30-6-3-2-5-29(26)30/h2-3,5-16,21,34H,4,17-20,22-23H2,1H3. The molecule has 0 fully saturated rings. The Hall–Kier alpha value is -4.83. The third kappa shape index (κ3) is 8.34. The van der Waals surface area contributed by atoms with Gasteiger partial charge in [0.1, 0.15) is 12.4 Å². The number of amides is 2. The SMILES string of the molecule is COCCCN(CC(=O)N(CCc1c[nH]c2ccccc12)Cc1ccc(F)cc1)C(=O)C=Cc1ccc([N+](=O)[O-])cc1. The number of halogens is 1. The summed E-state index contributed by atoms with van der Waals surface area (Å²) >= 11 is 0. The van der Waals surface area contributed by atoms with Gasteiger partial charge in [-0.1, -0.05) is 30.3 Å². The number of methoxy groups -OCH3 is 1. The highest BCUT2D eigenvalue weighted by molar-refractivity contribution is 5.94. The summed E-state index contributed by atoms with van der Waals surface area (Å²) in [6, 6.07) is 19.8. The second-order valence-electron chi connectivity index (χ2n) is 9.84. The van der Waals surface area contributed by atoms with E-state index in [-0.39, 0.29) is 36.4 Å². The van der Waals surface area contributed by atoms with Crippen molar-refractivity contribution in [1.82, 2.24) is 14.8 Å². The quantitative estimate of drug-likeness (QED) is 0.0947. The molecule has 4 aromatic rings. The molecule has 0 spiro atoms. The van der Waals surface area contributed by atoms with Crippen LogP contribution in [-0.2, 0) is 27.3 Å². The molecule has 1 heterocycles. The van der Waals surface area contributed by atoms with Crippen LogP contribution >= 0.6 is 0 Å². The Morgan fingerprint density at radius 3 is 2.45 bits per heavy atom. The fraction of sp³-hybridized carbons (Fsp3) is 0.250. The normalized spacial score (nSPS) is 11.2. The van der Waals surface area contributed by atoms with Crippen LogP contribution in [0.3, 0.4) is 0 Å². The lowest BCUT2D eigenvalue weighted by Crippen LogP contribution is -2.43. The first-order valence-corrected chi connectivity index (χ1v) is 13.6. The number of carbonyl (C=O) groups is 2. The largest absolute Gasteiger partial charge is 0.385 e. The number of nitrogens with zero attached hydrogens (tertiary/aromatic N) is 3. The van der Waals surface area contributed by atoms with Gasteiger partial charge in [0.15, 0.2) is 0 Å². The van der Waals surface area contributed by atoms with Crippen LogP contribution in [0.25, 0.3) is 17.0 Å². The Morgan fingerprint density at radius 2 is 1.74 bits per heavy atom. The molecule has 0 bridgehead atoms. The number of hydrogen-bond donors (Lipinski definition) is 1. The van der Waals surface area contributed by atoms with E-state index in [1.54, 1.807) is 42.4 Å². The molecule has 218 valence electrons. The maximum absolute atomic E-state index is 13.7. The number of hydrogen-bond acceptors (Lipinski definition) is 5. The number of nitro groups is 1. The molecule has 0 saturated heterocycles. The van der Waals surface area contributed by atoms with Gasteiger partial charge in [0, 0.05) is 68.7 Å². The van der Waals surface area contributed by atoms with Gasteiger partial charge >= 0.3 is 0 Å². The molecule has 0 radical (unpaired) electrons. The lowest BCUT2D eigenvalue weighted by Gasteiger charge is -2.27. The van der Waals surface area contributed by atoms with E-state index in [1.807, 2.05) is 30.5 Å². The minimum Gasteiger partial charge on any atom is -0.385 e. The minimum atomic E-state index is -0.488. The van der Waals surface area contributed by atoms with Crippen molar-refractivity contribution >= 4 is 34.5 Å². The molecule has 1 aromatic heterocycles. The third-order valence-electron chi connectivity index (χ3n) is 6.90. The first-order valence-electron chi connectivity index (χ1n) is 13.6. The number of H-pyrrole nitrogens is 1. The van der Waals surface area contributed by atoms with Gasteiger partial charge in [-0.25, -0.2) is 4.39 Å². The average molecular weight is 573 g/mol. The smallest absolute Gasteiger partial charge is 0.269 e. The van der Waals surface area contributed by atoms with Crippen molar-refractivity contribution in [1.29, 1.82) is 0 Å². The first kappa shape index (κ1) is 30.1. The van der Waals surface area contributed by atoms with Crippen LogP contribution < -0.4 is 0 Å². The topological polar surface area (TPSA) is 109 Å². The lowest BCUT2D eigenvalue weighted by atomic mass is 10.1. The number of para-hydroxylation sites is 1. The maximum Gasteiger partial charge on any atom is 0.269 e. The van der Waals surface area contributed by atoms with Crippen molar-refractivity contribution in [3.05, 3.63) is 118 Å². The molecular weight excluding hydrogens is 539 g/mol. The van der Waals surface area contributed by atoms with Crippen LogP contribution in [0.5, 0.6) is 0 Å². The van der Waals surface area contributed by atoms with Crippen molar-refractivity contribution in [2.45, 2.75) is 19.4 Å². The number of aromatic nitrogens is 1. The summed E-state index contributed by atoms with van der Waals surface area (Å²) in [7, 11) is 1.57.